The minimum absolute atomic E-state index is 0.0665. The van der Waals surface area contributed by atoms with E-state index in [-0.39, 0.29) is 11.7 Å². The largest absolute Gasteiger partial charge is 0.378 e. The number of ether oxygens (including phenoxy) is 1. The van der Waals surface area contributed by atoms with E-state index in [9.17, 15) is 4.79 Å². The number of nitrogens with one attached hydrogen (secondary N) is 1. The highest BCUT2D eigenvalue weighted by Crippen LogP contribution is 2.28. The first-order valence-corrected chi connectivity index (χ1v) is 10.9. The lowest BCUT2D eigenvalue weighted by molar-refractivity contribution is 0.180. The van der Waals surface area contributed by atoms with Gasteiger partial charge in [-0.15, -0.1) is 0 Å². The number of methoxy groups -OCH3 is 1. The van der Waals surface area contributed by atoms with E-state index >= 15 is 0 Å². The fraction of sp³-hybridized carbons (Fsp3) is 0.318. The van der Waals surface area contributed by atoms with Gasteiger partial charge in [-0.1, -0.05) is 0 Å². The molecule has 0 spiro atoms. The Balaban J connectivity index is 1.42. The second kappa shape index (κ2) is 7.79. The van der Waals surface area contributed by atoms with Crippen molar-refractivity contribution in [2.24, 2.45) is 0 Å². The summed E-state index contributed by atoms with van der Waals surface area (Å²) in [6.45, 7) is 4.05. The number of rotatable bonds is 4. The fourth-order valence-corrected chi connectivity index (χ4v) is 4.79. The van der Waals surface area contributed by atoms with Crippen LogP contribution in [0.15, 0.2) is 45.5 Å². The third kappa shape index (κ3) is 3.47. The van der Waals surface area contributed by atoms with E-state index in [4.69, 9.17) is 9.72 Å². The highest BCUT2D eigenvalue weighted by atomic mass is 32.1. The highest BCUT2D eigenvalue weighted by molar-refractivity contribution is 7.08. The van der Waals surface area contributed by atoms with Gasteiger partial charge in [-0.25, -0.2) is 9.66 Å². The van der Waals surface area contributed by atoms with Crippen LogP contribution >= 0.6 is 11.3 Å². The van der Waals surface area contributed by atoms with Crippen LogP contribution in [-0.4, -0.2) is 39.4 Å². The van der Waals surface area contributed by atoms with Crippen molar-refractivity contribution in [2.45, 2.75) is 32.7 Å². The van der Waals surface area contributed by atoms with Crippen molar-refractivity contribution in [1.29, 1.82) is 0 Å². The highest BCUT2D eigenvalue weighted by Gasteiger charge is 2.29. The van der Waals surface area contributed by atoms with Gasteiger partial charge < -0.3 is 4.74 Å². The SMILES string of the molecule is COCc1cc(=O)n2c(n1)C=C(C)C(N1CCc3ncc(-c4ccsc4)cc3C1)N2. The van der Waals surface area contributed by atoms with Crippen LogP contribution in [-0.2, 0) is 24.3 Å². The maximum absolute atomic E-state index is 12.6. The average molecular weight is 422 g/mol. The van der Waals surface area contributed by atoms with Gasteiger partial charge in [0, 0.05) is 50.1 Å². The van der Waals surface area contributed by atoms with Crippen molar-refractivity contribution in [1.82, 2.24) is 19.5 Å². The van der Waals surface area contributed by atoms with Crippen molar-refractivity contribution in [3.05, 3.63) is 73.9 Å². The van der Waals surface area contributed by atoms with Gasteiger partial charge in [0.2, 0.25) is 0 Å². The van der Waals surface area contributed by atoms with E-state index in [1.165, 1.54) is 21.9 Å². The third-order valence-corrected chi connectivity index (χ3v) is 6.30. The van der Waals surface area contributed by atoms with Crippen molar-refractivity contribution in [3.8, 4) is 11.1 Å². The van der Waals surface area contributed by atoms with Crippen LogP contribution in [0.3, 0.4) is 0 Å². The molecule has 0 aliphatic carbocycles. The second-order valence-electron chi connectivity index (χ2n) is 7.69. The van der Waals surface area contributed by atoms with Gasteiger partial charge in [-0.3, -0.25) is 20.1 Å². The molecule has 1 atom stereocenters. The van der Waals surface area contributed by atoms with Crippen molar-refractivity contribution in [3.63, 3.8) is 0 Å². The van der Waals surface area contributed by atoms with Gasteiger partial charge in [0.05, 0.1) is 12.3 Å². The van der Waals surface area contributed by atoms with Crippen LogP contribution in [0.1, 0.15) is 29.7 Å². The molecule has 0 amide bonds. The summed E-state index contributed by atoms with van der Waals surface area (Å²) in [5.41, 5.74) is 9.76. The Hall–Kier alpha value is -2.81. The Labute approximate surface area is 178 Å². The molecule has 0 saturated heterocycles. The number of fused-ring (bicyclic) bond motifs is 2. The minimum Gasteiger partial charge on any atom is -0.378 e. The molecule has 0 fully saturated rings. The van der Waals surface area contributed by atoms with Crippen LogP contribution in [0.25, 0.3) is 17.2 Å². The van der Waals surface area contributed by atoms with Gasteiger partial charge in [0.15, 0.2) is 5.82 Å². The molecular weight excluding hydrogens is 398 g/mol. The van der Waals surface area contributed by atoms with E-state index in [1.54, 1.807) is 18.4 Å². The number of hydrogen-bond donors (Lipinski definition) is 1. The van der Waals surface area contributed by atoms with Crippen molar-refractivity contribution in [2.75, 3.05) is 19.1 Å². The standard InChI is InChI=1S/C22H23N5O2S/c1-14-7-20-24-18(12-29-2)9-21(28)27(20)25-22(14)26-5-3-19-17(11-26)8-16(10-23-19)15-4-6-30-13-15/h4,6-10,13,22,25H,3,5,11-12H2,1-2H3. The summed E-state index contributed by atoms with van der Waals surface area (Å²) in [6.07, 6.45) is 4.78. The topological polar surface area (TPSA) is 72.3 Å². The first kappa shape index (κ1) is 19.2. The lowest BCUT2D eigenvalue weighted by Crippen LogP contribution is -2.51. The Morgan fingerprint density at radius 3 is 3.03 bits per heavy atom. The van der Waals surface area contributed by atoms with Gasteiger partial charge >= 0.3 is 0 Å². The quantitative estimate of drug-likeness (QED) is 0.699. The van der Waals surface area contributed by atoms with Crippen molar-refractivity contribution < 1.29 is 4.74 Å². The minimum atomic E-state index is -0.125. The number of pyridine rings is 1. The zero-order chi connectivity index (χ0) is 20.7. The Morgan fingerprint density at radius 1 is 1.33 bits per heavy atom. The van der Waals surface area contributed by atoms with Crippen LogP contribution in [0.2, 0.25) is 0 Å². The van der Waals surface area contributed by atoms with E-state index in [2.05, 4.69) is 45.1 Å². The molecule has 5 heterocycles. The average Bonchev–Trinajstić information content (AvgIpc) is 3.28. The molecule has 0 bridgehead atoms. The van der Waals surface area contributed by atoms with E-state index < -0.39 is 0 Å². The van der Waals surface area contributed by atoms with Gasteiger partial charge in [-0.2, -0.15) is 11.3 Å². The van der Waals surface area contributed by atoms with Gasteiger partial charge in [-0.05, 0) is 52.6 Å². The predicted molar refractivity (Wildman–Crippen MR) is 118 cm³/mol. The molecule has 2 aliphatic heterocycles. The molecular formula is C22H23N5O2S. The monoisotopic (exact) mass is 421 g/mol. The molecule has 154 valence electrons. The zero-order valence-electron chi connectivity index (χ0n) is 17.0. The summed E-state index contributed by atoms with van der Waals surface area (Å²) >= 11 is 1.69. The number of nitrogens with zero attached hydrogens (tertiary/aromatic N) is 4. The van der Waals surface area contributed by atoms with E-state index in [1.807, 2.05) is 12.3 Å². The maximum Gasteiger partial charge on any atom is 0.272 e. The lowest BCUT2D eigenvalue weighted by atomic mass is 10.00. The maximum atomic E-state index is 12.6. The summed E-state index contributed by atoms with van der Waals surface area (Å²) in [7, 11) is 1.60. The van der Waals surface area contributed by atoms with Crippen LogP contribution in [0.4, 0.5) is 0 Å². The van der Waals surface area contributed by atoms with Crippen LogP contribution in [0.5, 0.6) is 0 Å². The number of aromatic nitrogens is 3. The first-order valence-electron chi connectivity index (χ1n) is 9.93. The summed E-state index contributed by atoms with van der Waals surface area (Å²) < 4.78 is 6.66. The summed E-state index contributed by atoms with van der Waals surface area (Å²) in [5.74, 6) is 0.613. The molecule has 8 heteroatoms. The lowest BCUT2D eigenvalue weighted by Gasteiger charge is -2.38. The molecule has 0 aromatic carbocycles. The number of hydrogen-bond acceptors (Lipinski definition) is 7. The summed E-state index contributed by atoms with van der Waals surface area (Å²) in [6, 6.07) is 5.89. The molecule has 3 aromatic rings. The van der Waals surface area contributed by atoms with Crippen LogP contribution in [0, 0.1) is 0 Å². The Kier molecular flexibility index (Phi) is 4.98. The molecule has 0 saturated carbocycles. The summed E-state index contributed by atoms with van der Waals surface area (Å²) in [4.78, 5) is 24.2. The molecule has 1 N–H and O–H groups in total. The predicted octanol–water partition coefficient (Wildman–Crippen LogP) is 2.86. The molecule has 2 aliphatic rings. The van der Waals surface area contributed by atoms with Crippen molar-refractivity contribution >= 4 is 17.4 Å². The Bertz CT molecular complexity index is 1170. The Morgan fingerprint density at radius 2 is 2.23 bits per heavy atom. The summed E-state index contributed by atoms with van der Waals surface area (Å²) in [5, 5.41) is 4.23. The normalized spacial score (nSPS) is 18.3. The molecule has 30 heavy (non-hydrogen) atoms. The fourth-order valence-electron chi connectivity index (χ4n) is 4.13. The second-order valence-corrected chi connectivity index (χ2v) is 8.47. The third-order valence-electron chi connectivity index (χ3n) is 5.62. The zero-order valence-corrected chi connectivity index (χ0v) is 17.8. The smallest absolute Gasteiger partial charge is 0.272 e. The van der Waals surface area contributed by atoms with Crippen LogP contribution < -0.4 is 11.0 Å². The van der Waals surface area contributed by atoms with E-state index in [0.29, 0.717) is 18.1 Å². The molecule has 5 rings (SSSR count). The first-order chi connectivity index (χ1) is 14.6. The van der Waals surface area contributed by atoms with Gasteiger partial charge in [0.25, 0.3) is 5.56 Å². The molecule has 3 aromatic heterocycles. The van der Waals surface area contributed by atoms with E-state index in [0.717, 1.165) is 36.3 Å². The molecule has 0 radical (unpaired) electrons. The molecule has 1 unspecified atom stereocenters. The molecule has 7 nitrogen and oxygen atoms in total. The van der Waals surface area contributed by atoms with Gasteiger partial charge in [0.1, 0.15) is 6.17 Å². The number of thiophene rings is 1.